The Labute approximate surface area is 103 Å². The molecule has 0 heteroatoms. The molecule has 0 fully saturated rings. The van der Waals surface area contributed by atoms with Crippen LogP contribution in [0.15, 0.2) is 0 Å². The summed E-state index contributed by atoms with van der Waals surface area (Å²) in [6, 6.07) is 0. The fraction of sp³-hybridized carbons (Fsp3) is 0.875. The van der Waals surface area contributed by atoms with Gasteiger partial charge >= 0.3 is 0 Å². The molecular formula is C16H30. The zero-order valence-corrected chi connectivity index (χ0v) is 12.2. The smallest absolute Gasteiger partial charge is 0.0230 e. The van der Waals surface area contributed by atoms with Gasteiger partial charge in [-0.15, -0.1) is 5.92 Å². The molecule has 0 saturated carbocycles. The van der Waals surface area contributed by atoms with Crippen molar-refractivity contribution >= 4 is 0 Å². The Hall–Kier alpha value is -0.440. The average molecular weight is 222 g/mol. The van der Waals surface area contributed by atoms with E-state index in [1.165, 1.54) is 32.1 Å². The van der Waals surface area contributed by atoms with Gasteiger partial charge in [-0.05, 0) is 39.0 Å². The first-order chi connectivity index (χ1) is 7.21. The molecule has 94 valence electrons. The molecule has 0 heterocycles. The summed E-state index contributed by atoms with van der Waals surface area (Å²) in [6.07, 6.45) is 7.78. The van der Waals surface area contributed by atoms with E-state index in [1.807, 2.05) is 0 Å². The van der Waals surface area contributed by atoms with Crippen LogP contribution in [0.3, 0.4) is 0 Å². The molecule has 0 aromatic carbocycles. The van der Waals surface area contributed by atoms with E-state index in [0.29, 0.717) is 5.41 Å². The quantitative estimate of drug-likeness (QED) is 0.430. The second-order valence-corrected chi connectivity index (χ2v) is 7.03. The number of rotatable bonds is 5. The zero-order valence-electron chi connectivity index (χ0n) is 12.2. The molecule has 0 aromatic heterocycles. The predicted molar refractivity (Wildman–Crippen MR) is 74.4 cm³/mol. The van der Waals surface area contributed by atoms with Crippen LogP contribution in [-0.2, 0) is 0 Å². The van der Waals surface area contributed by atoms with Gasteiger partial charge in [0.1, 0.15) is 0 Å². The first kappa shape index (κ1) is 15.6. The predicted octanol–water partition coefficient (Wildman–Crippen LogP) is 5.42. The molecule has 0 amide bonds. The number of hydrogen-bond donors (Lipinski definition) is 0. The van der Waals surface area contributed by atoms with Crippen LogP contribution in [0.5, 0.6) is 0 Å². The molecular weight excluding hydrogens is 192 g/mol. The Balaban J connectivity index is 3.38. The lowest BCUT2D eigenvalue weighted by Gasteiger charge is -2.17. The first-order valence-corrected chi connectivity index (χ1v) is 6.71. The van der Waals surface area contributed by atoms with Crippen molar-refractivity contribution in [3.63, 3.8) is 0 Å². The Morgan fingerprint density at radius 2 is 1.31 bits per heavy atom. The lowest BCUT2D eigenvalue weighted by molar-refractivity contribution is 0.357. The highest BCUT2D eigenvalue weighted by Gasteiger charge is 2.08. The van der Waals surface area contributed by atoms with Gasteiger partial charge in [0, 0.05) is 11.8 Å². The maximum atomic E-state index is 3.29. The molecule has 0 radical (unpaired) electrons. The van der Waals surface area contributed by atoms with Gasteiger partial charge in [0.05, 0.1) is 0 Å². The molecule has 16 heavy (non-hydrogen) atoms. The van der Waals surface area contributed by atoms with Gasteiger partial charge in [-0.25, -0.2) is 0 Å². The van der Waals surface area contributed by atoms with Crippen LogP contribution < -0.4 is 0 Å². The second-order valence-electron chi connectivity index (χ2n) is 7.03. The lowest BCUT2D eigenvalue weighted by Crippen LogP contribution is -2.03. The fourth-order valence-corrected chi connectivity index (χ4v) is 1.55. The molecule has 0 saturated heterocycles. The maximum Gasteiger partial charge on any atom is 0.0230 e. The molecule has 0 aromatic rings. The summed E-state index contributed by atoms with van der Waals surface area (Å²) in [6.45, 7) is 13.5. The Morgan fingerprint density at radius 3 is 1.81 bits per heavy atom. The summed E-state index contributed by atoms with van der Waals surface area (Å²) in [4.78, 5) is 0. The average Bonchev–Trinajstić information content (AvgIpc) is 2.06. The van der Waals surface area contributed by atoms with E-state index in [4.69, 9.17) is 0 Å². The SMILES string of the molecule is CC(C)(C)C#CCCCCCCC(C)(C)C. The number of hydrogen-bond acceptors (Lipinski definition) is 0. The summed E-state index contributed by atoms with van der Waals surface area (Å²) < 4.78 is 0. The standard InChI is InChI=1S/C16H30/c1-15(2,3)13-11-9-7-8-10-12-14-16(4,5)6/h7-11,13H2,1-6H3. The van der Waals surface area contributed by atoms with Gasteiger partial charge in [0.2, 0.25) is 0 Å². The molecule has 0 aliphatic rings. The minimum absolute atomic E-state index is 0.173. The molecule has 0 aliphatic heterocycles. The van der Waals surface area contributed by atoms with Gasteiger partial charge in [-0.2, -0.15) is 0 Å². The highest BCUT2D eigenvalue weighted by atomic mass is 14.1. The zero-order chi connectivity index (χ0) is 12.7. The third-order valence-electron chi connectivity index (χ3n) is 2.44. The van der Waals surface area contributed by atoms with Gasteiger partial charge < -0.3 is 0 Å². The third-order valence-corrected chi connectivity index (χ3v) is 2.44. The van der Waals surface area contributed by atoms with Gasteiger partial charge in [-0.3, -0.25) is 0 Å². The summed E-state index contributed by atoms with van der Waals surface area (Å²) >= 11 is 0. The van der Waals surface area contributed by atoms with Crippen molar-refractivity contribution in [3.8, 4) is 11.8 Å². The Morgan fingerprint density at radius 1 is 0.750 bits per heavy atom. The minimum Gasteiger partial charge on any atom is -0.103 e. The molecule has 0 spiro atoms. The molecule has 0 atom stereocenters. The van der Waals surface area contributed by atoms with Crippen molar-refractivity contribution in [2.24, 2.45) is 10.8 Å². The fourth-order valence-electron chi connectivity index (χ4n) is 1.55. The molecule has 0 aliphatic carbocycles. The second kappa shape index (κ2) is 7.00. The van der Waals surface area contributed by atoms with Gasteiger partial charge in [0.15, 0.2) is 0 Å². The first-order valence-electron chi connectivity index (χ1n) is 6.71. The van der Waals surface area contributed by atoms with Crippen LogP contribution in [0.2, 0.25) is 0 Å². The summed E-state index contributed by atoms with van der Waals surface area (Å²) in [5.74, 6) is 6.57. The Kier molecular flexibility index (Phi) is 6.81. The highest BCUT2D eigenvalue weighted by molar-refractivity contribution is 5.06. The Bertz CT molecular complexity index is 223. The van der Waals surface area contributed by atoms with Crippen molar-refractivity contribution in [1.82, 2.24) is 0 Å². The number of unbranched alkanes of at least 4 members (excludes halogenated alkanes) is 4. The molecule has 0 unspecified atom stereocenters. The highest BCUT2D eigenvalue weighted by Crippen LogP contribution is 2.22. The molecule has 0 nitrogen and oxygen atoms in total. The summed E-state index contributed by atoms with van der Waals surface area (Å²) in [7, 11) is 0. The van der Waals surface area contributed by atoms with Crippen molar-refractivity contribution in [3.05, 3.63) is 0 Å². The van der Waals surface area contributed by atoms with E-state index in [1.54, 1.807) is 0 Å². The van der Waals surface area contributed by atoms with Crippen molar-refractivity contribution < 1.29 is 0 Å². The summed E-state index contributed by atoms with van der Waals surface area (Å²) in [5, 5.41) is 0. The largest absolute Gasteiger partial charge is 0.103 e. The topological polar surface area (TPSA) is 0 Å². The van der Waals surface area contributed by atoms with Gasteiger partial charge in [0.25, 0.3) is 0 Å². The van der Waals surface area contributed by atoms with Crippen LogP contribution in [0.1, 0.15) is 80.1 Å². The maximum absolute atomic E-state index is 3.29. The van der Waals surface area contributed by atoms with E-state index in [0.717, 1.165) is 6.42 Å². The van der Waals surface area contributed by atoms with Crippen molar-refractivity contribution in [1.29, 1.82) is 0 Å². The normalized spacial score (nSPS) is 12.1. The molecule has 0 bridgehead atoms. The van der Waals surface area contributed by atoms with Crippen LogP contribution >= 0.6 is 0 Å². The van der Waals surface area contributed by atoms with Crippen molar-refractivity contribution in [2.75, 3.05) is 0 Å². The molecule has 0 rings (SSSR count). The van der Waals surface area contributed by atoms with E-state index < -0.39 is 0 Å². The van der Waals surface area contributed by atoms with Crippen LogP contribution in [0.4, 0.5) is 0 Å². The van der Waals surface area contributed by atoms with Crippen LogP contribution in [0, 0.1) is 22.7 Å². The van der Waals surface area contributed by atoms with Crippen LogP contribution in [0.25, 0.3) is 0 Å². The van der Waals surface area contributed by atoms with Crippen molar-refractivity contribution in [2.45, 2.75) is 80.1 Å². The third kappa shape index (κ3) is 13.6. The van der Waals surface area contributed by atoms with E-state index in [2.05, 4.69) is 53.4 Å². The van der Waals surface area contributed by atoms with E-state index in [-0.39, 0.29) is 5.41 Å². The van der Waals surface area contributed by atoms with E-state index >= 15 is 0 Å². The molecule has 0 N–H and O–H groups in total. The lowest BCUT2D eigenvalue weighted by atomic mass is 9.89. The van der Waals surface area contributed by atoms with E-state index in [9.17, 15) is 0 Å². The monoisotopic (exact) mass is 222 g/mol. The van der Waals surface area contributed by atoms with Gasteiger partial charge in [-0.1, -0.05) is 46.0 Å². The minimum atomic E-state index is 0.173. The van der Waals surface area contributed by atoms with Crippen LogP contribution in [-0.4, -0.2) is 0 Å². The summed E-state index contributed by atoms with van der Waals surface area (Å²) in [5.41, 5.74) is 0.679.